The van der Waals surface area contributed by atoms with Gasteiger partial charge in [-0.05, 0) is 18.4 Å². The van der Waals surface area contributed by atoms with Crippen molar-refractivity contribution in [2.24, 2.45) is 0 Å². The maximum Gasteiger partial charge on any atom is 0.422 e. The molecule has 0 aliphatic rings. The van der Waals surface area contributed by atoms with Crippen LogP contribution in [0.5, 0.6) is 0 Å². The number of alkyl carbamates (subject to hydrolysis) is 1. The SMILES string of the molecule is COCCCC(NC(=O)OCc1ccccc1)(C(=O)O)C(F)(F)F. The predicted octanol–water partition coefficient (Wildman–Crippen LogP) is 2.73. The number of halogens is 3. The third-order valence-corrected chi connectivity index (χ3v) is 3.28. The van der Waals surface area contributed by atoms with Crippen LogP contribution in [0.4, 0.5) is 18.0 Å². The second-order valence-electron chi connectivity index (χ2n) is 4.99. The molecule has 0 bridgehead atoms. The number of hydrogen-bond acceptors (Lipinski definition) is 4. The number of hydrogen-bond donors (Lipinski definition) is 2. The highest BCUT2D eigenvalue weighted by Gasteiger charge is 2.61. The number of amides is 1. The van der Waals surface area contributed by atoms with Crippen molar-refractivity contribution >= 4 is 12.1 Å². The van der Waals surface area contributed by atoms with Crippen LogP contribution in [0.3, 0.4) is 0 Å². The molecule has 1 aromatic carbocycles. The normalized spacial score (nSPS) is 13.8. The molecule has 2 N–H and O–H groups in total. The number of carboxylic acids is 1. The number of aliphatic carboxylic acids is 1. The summed E-state index contributed by atoms with van der Waals surface area (Å²) < 4.78 is 49.2. The van der Waals surface area contributed by atoms with Gasteiger partial charge in [0.2, 0.25) is 5.54 Å². The van der Waals surface area contributed by atoms with E-state index in [4.69, 9.17) is 9.84 Å². The van der Waals surface area contributed by atoms with Crippen LogP contribution in [0.15, 0.2) is 30.3 Å². The molecular formula is C15H18F3NO5. The molecule has 1 atom stereocenters. The Morgan fingerprint density at radius 1 is 1.21 bits per heavy atom. The molecule has 0 aliphatic heterocycles. The summed E-state index contributed by atoms with van der Waals surface area (Å²) in [6, 6.07) is 8.27. The zero-order chi connectivity index (χ0) is 18.2. The summed E-state index contributed by atoms with van der Waals surface area (Å²) in [6.45, 7) is -0.357. The Balaban J connectivity index is 2.82. The van der Waals surface area contributed by atoms with Gasteiger partial charge in [-0.1, -0.05) is 30.3 Å². The van der Waals surface area contributed by atoms with Crippen LogP contribution in [0.2, 0.25) is 0 Å². The Hall–Kier alpha value is -2.29. The summed E-state index contributed by atoms with van der Waals surface area (Å²) in [4.78, 5) is 22.9. The second kappa shape index (κ2) is 8.53. The summed E-state index contributed by atoms with van der Waals surface area (Å²) in [6.07, 6.45) is -7.74. The fraction of sp³-hybridized carbons (Fsp3) is 0.467. The molecule has 0 heterocycles. The van der Waals surface area contributed by atoms with Crippen molar-refractivity contribution in [1.29, 1.82) is 0 Å². The molecule has 0 aromatic heterocycles. The van der Waals surface area contributed by atoms with Crippen molar-refractivity contribution in [3.8, 4) is 0 Å². The molecule has 9 heteroatoms. The van der Waals surface area contributed by atoms with E-state index in [1.807, 2.05) is 0 Å². The number of carbonyl (C=O) groups excluding carboxylic acids is 1. The van der Waals surface area contributed by atoms with Gasteiger partial charge in [-0.2, -0.15) is 13.2 Å². The smallest absolute Gasteiger partial charge is 0.422 e. The molecule has 1 aromatic rings. The van der Waals surface area contributed by atoms with Crippen LogP contribution in [0, 0.1) is 0 Å². The number of carbonyl (C=O) groups is 2. The van der Waals surface area contributed by atoms with Gasteiger partial charge in [-0.15, -0.1) is 0 Å². The molecule has 0 spiro atoms. The molecule has 24 heavy (non-hydrogen) atoms. The lowest BCUT2D eigenvalue weighted by molar-refractivity contribution is -0.210. The third kappa shape index (κ3) is 5.12. The van der Waals surface area contributed by atoms with E-state index in [-0.39, 0.29) is 19.6 Å². The number of ether oxygens (including phenoxy) is 2. The third-order valence-electron chi connectivity index (χ3n) is 3.28. The van der Waals surface area contributed by atoms with E-state index in [0.717, 1.165) is 0 Å². The van der Waals surface area contributed by atoms with Crippen molar-refractivity contribution < 1.29 is 37.3 Å². The van der Waals surface area contributed by atoms with Crippen LogP contribution in [0.25, 0.3) is 0 Å². The second-order valence-corrected chi connectivity index (χ2v) is 4.99. The minimum absolute atomic E-state index is 0.0775. The van der Waals surface area contributed by atoms with E-state index in [2.05, 4.69) is 4.74 Å². The zero-order valence-electron chi connectivity index (χ0n) is 12.9. The summed E-state index contributed by atoms with van der Waals surface area (Å²) in [5, 5.41) is 10.5. The van der Waals surface area contributed by atoms with Crippen LogP contribution in [-0.4, -0.2) is 42.6 Å². The zero-order valence-corrected chi connectivity index (χ0v) is 12.9. The average Bonchev–Trinajstić information content (AvgIpc) is 2.51. The Kier molecular flexibility index (Phi) is 7.02. The summed E-state index contributed by atoms with van der Waals surface area (Å²) in [5.41, 5.74) is -2.88. The highest BCUT2D eigenvalue weighted by atomic mass is 19.4. The first-order valence-electron chi connectivity index (χ1n) is 7.01. The van der Waals surface area contributed by atoms with Crippen LogP contribution < -0.4 is 5.32 Å². The molecular weight excluding hydrogens is 331 g/mol. The van der Waals surface area contributed by atoms with Gasteiger partial charge in [0.05, 0.1) is 0 Å². The van der Waals surface area contributed by atoms with Crippen molar-refractivity contribution in [3.05, 3.63) is 35.9 Å². The first kappa shape index (κ1) is 19.8. The van der Waals surface area contributed by atoms with E-state index in [1.54, 1.807) is 30.3 Å². The molecule has 0 fully saturated rings. The van der Waals surface area contributed by atoms with Gasteiger partial charge in [0.1, 0.15) is 6.61 Å². The van der Waals surface area contributed by atoms with E-state index in [9.17, 15) is 22.8 Å². The lowest BCUT2D eigenvalue weighted by Crippen LogP contribution is -2.64. The Bertz CT molecular complexity index is 550. The number of nitrogens with one attached hydrogen (secondary N) is 1. The number of benzene rings is 1. The van der Waals surface area contributed by atoms with Crippen molar-refractivity contribution in [3.63, 3.8) is 0 Å². The van der Waals surface area contributed by atoms with Crippen molar-refractivity contribution in [1.82, 2.24) is 5.32 Å². The summed E-state index contributed by atoms with van der Waals surface area (Å²) in [5.74, 6) is -2.21. The molecule has 0 radical (unpaired) electrons. The number of methoxy groups -OCH3 is 1. The van der Waals surface area contributed by atoms with E-state index in [1.165, 1.54) is 12.4 Å². The Morgan fingerprint density at radius 3 is 2.33 bits per heavy atom. The fourth-order valence-corrected chi connectivity index (χ4v) is 1.97. The molecule has 0 saturated carbocycles. The van der Waals surface area contributed by atoms with Gasteiger partial charge in [0.25, 0.3) is 0 Å². The first-order chi connectivity index (χ1) is 11.2. The maximum absolute atomic E-state index is 13.3. The molecule has 0 aliphatic carbocycles. The predicted molar refractivity (Wildman–Crippen MR) is 77.3 cm³/mol. The quantitative estimate of drug-likeness (QED) is 0.705. The molecule has 1 rings (SSSR count). The average molecular weight is 349 g/mol. The minimum atomic E-state index is -5.20. The monoisotopic (exact) mass is 349 g/mol. The lowest BCUT2D eigenvalue weighted by atomic mass is 9.93. The maximum atomic E-state index is 13.3. The molecule has 6 nitrogen and oxygen atoms in total. The number of rotatable bonds is 8. The van der Waals surface area contributed by atoms with Gasteiger partial charge in [0, 0.05) is 13.7 Å². The van der Waals surface area contributed by atoms with Gasteiger partial charge in [-0.3, -0.25) is 5.32 Å². The van der Waals surface area contributed by atoms with E-state index < -0.39 is 30.2 Å². The Morgan fingerprint density at radius 2 is 1.83 bits per heavy atom. The van der Waals surface area contributed by atoms with Crippen molar-refractivity contribution in [2.75, 3.05) is 13.7 Å². The summed E-state index contributed by atoms with van der Waals surface area (Å²) >= 11 is 0. The lowest BCUT2D eigenvalue weighted by Gasteiger charge is -2.32. The van der Waals surface area contributed by atoms with Crippen LogP contribution >= 0.6 is 0 Å². The topological polar surface area (TPSA) is 84.9 Å². The van der Waals surface area contributed by atoms with Gasteiger partial charge in [-0.25, -0.2) is 9.59 Å². The number of carboxylic acid groups (broad SMARTS) is 1. The molecule has 1 unspecified atom stereocenters. The highest BCUT2D eigenvalue weighted by Crippen LogP contribution is 2.34. The molecule has 0 saturated heterocycles. The van der Waals surface area contributed by atoms with Crippen LogP contribution in [-0.2, 0) is 20.9 Å². The van der Waals surface area contributed by atoms with Gasteiger partial charge >= 0.3 is 18.2 Å². The highest BCUT2D eigenvalue weighted by molar-refractivity contribution is 5.85. The minimum Gasteiger partial charge on any atom is -0.479 e. The van der Waals surface area contributed by atoms with E-state index in [0.29, 0.717) is 5.56 Å². The largest absolute Gasteiger partial charge is 0.479 e. The molecule has 134 valence electrons. The fourth-order valence-electron chi connectivity index (χ4n) is 1.97. The number of alkyl halides is 3. The first-order valence-corrected chi connectivity index (χ1v) is 7.01. The van der Waals surface area contributed by atoms with Crippen molar-refractivity contribution in [2.45, 2.75) is 31.2 Å². The molecule has 1 amide bonds. The van der Waals surface area contributed by atoms with Crippen LogP contribution in [0.1, 0.15) is 18.4 Å². The summed E-state index contributed by atoms with van der Waals surface area (Å²) in [7, 11) is 1.28. The van der Waals surface area contributed by atoms with Gasteiger partial charge in [0.15, 0.2) is 0 Å². The standard InChI is InChI=1S/C15H18F3NO5/c1-23-9-5-8-14(12(20)21,15(16,17)18)19-13(22)24-10-11-6-3-2-4-7-11/h2-4,6-7H,5,8-10H2,1H3,(H,19,22)(H,20,21). The van der Waals surface area contributed by atoms with Gasteiger partial charge < -0.3 is 14.6 Å². The van der Waals surface area contributed by atoms with E-state index >= 15 is 0 Å². The Labute approximate surface area is 136 Å².